The Hall–Kier alpha value is -3.36. The molecule has 0 radical (unpaired) electrons. The van der Waals surface area contributed by atoms with Crippen molar-refractivity contribution in [3.8, 4) is 0 Å². The van der Waals surface area contributed by atoms with Crippen LogP contribution in [0.3, 0.4) is 0 Å². The zero-order chi connectivity index (χ0) is 30.4. The van der Waals surface area contributed by atoms with E-state index >= 15 is 0 Å². The second-order valence-corrected chi connectivity index (χ2v) is 13.5. The highest BCUT2D eigenvalue weighted by atomic mass is 35.5. The minimum atomic E-state index is -4.12. The Labute approximate surface area is 254 Å². The van der Waals surface area contributed by atoms with Gasteiger partial charge in [-0.3, -0.25) is 13.9 Å². The van der Waals surface area contributed by atoms with E-state index in [1.165, 1.54) is 9.21 Å². The van der Waals surface area contributed by atoms with Crippen LogP contribution in [0.2, 0.25) is 5.02 Å². The topological polar surface area (TPSA) is 86.8 Å². The van der Waals surface area contributed by atoms with Crippen LogP contribution < -0.4 is 9.62 Å². The molecule has 1 atom stereocenters. The number of carbonyl (C=O) groups excluding carboxylic acids is 2. The summed E-state index contributed by atoms with van der Waals surface area (Å²) in [6, 6.07) is 18.3. The molecule has 1 N–H and O–H groups in total. The average Bonchev–Trinajstić information content (AvgIpc) is 2.96. The lowest BCUT2D eigenvalue weighted by molar-refractivity contribution is -0.139. The quantitative estimate of drug-likeness (QED) is 0.291. The molecule has 0 heterocycles. The van der Waals surface area contributed by atoms with E-state index in [2.05, 4.69) is 5.32 Å². The van der Waals surface area contributed by atoms with Crippen molar-refractivity contribution in [1.29, 1.82) is 0 Å². The Morgan fingerprint density at radius 2 is 1.62 bits per heavy atom. The van der Waals surface area contributed by atoms with E-state index in [9.17, 15) is 18.0 Å². The summed E-state index contributed by atoms with van der Waals surface area (Å²) in [6.45, 7) is 6.95. The van der Waals surface area contributed by atoms with Crippen molar-refractivity contribution in [3.05, 3.63) is 94.0 Å². The number of hydrogen-bond donors (Lipinski definition) is 1. The molecular formula is C33H40ClN3O4S. The molecule has 224 valence electrons. The van der Waals surface area contributed by atoms with Gasteiger partial charge in [0.1, 0.15) is 12.6 Å². The maximum Gasteiger partial charge on any atom is 0.264 e. The van der Waals surface area contributed by atoms with E-state index in [4.69, 9.17) is 11.6 Å². The number of nitrogens with one attached hydrogen (secondary N) is 1. The van der Waals surface area contributed by atoms with Gasteiger partial charge < -0.3 is 10.2 Å². The predicted octanol–water partition coefficient (Wildman–Crippen LogP) is 6.33. The number of rotatable bonds is 10. The minimum Gasteiger partial charge on any atom is -0.352 e. The smallest absolute Gasteiger partial charge is 0.264 e. The Kier molecular flexibility index (Phi) is 10.3. The first-order valence-electron chi connectivity index (χ1n) is 14.5. The van der Waals surface area contributed by atoms with Gasteiger partial charge in [-0.25, -0.2) is 8.42 Å². The number of nitrogens with zero attached hydrogens (tertiary/aromatic N) is 2. The molecule has 1 fully saturated rings. The number of carbonyl (C=O) groups is 2. The summed E-state index contributed by atoms with van der Waals surface area (Å²) in [6.07, 6.45) is 5.11. The predicted molar refractivity (Wildman–Crippen MR) is 168 cm³/mol. The van der Waals surface area contributed by atoms with Gasteiger partial charge >= 0.3 is 0 Å². The van der Waals surface area contributed by atoms with Crippen LogP contribution in [0.5, 0.6) is 0 Å². The van der Waals surface area contributed by atoms with E-state index in [1.54, 1.807) is 61.5 Å². The first-order valence-corrected chi connectivity index (χ1v) is 16.3. The highest BCUT2D eigenvalue weighted by Gasteiger charge is 2.34. The molecule has 1 saturated carbocycles. The van der Waals surface area contributed by atoms with Gasteiger partial charge in [0.15, 0.2) is 0 Å². The van der Waals surface area contributed by atoms with Crippen LogP contribution in [0.15, 0.2) is 71.6 Å². The molecule has 0 aromatic heterocycles. The number of hydrogen-bond acceptors (Lipinski definition) is 4. The lowest BCUT2D eigenvalue weighted by atomic mass is 9.95. The van der Waals surface area contributed by atoms with Gasteiger partial charge in [0.2, 0.25) is 11.8 Å². The number of sulfonamides is 1. The molecule has 2 amide bonds. The van der Waals surface area contributed by atoms with Crippen LogP contribution >= 0.6 is 11.6 Å². The average molecular weight is 610 g/mol. The highest BCUT2D eigenvalue weighted by molar-refractivity contribution is 7.92. The molecule has 0 aliphatic heterocycles. The normalized spacial score (nSPS) is 14.7. The van der Waals surface area contributed by atoms with E-state index < -0.39 is 28.5 Å². The van der Waals surface area contributed by atoms with Gasteiger partial charge in [-0.1, -0.05) is 72.8 Å². The van der Waals surface area contributed by atoms with Crippen molar-refractivity contribution >= 4 is 39.1 Å². The monoisotopic (exact) mass is 609 g/mol. The fourth-order valence-electron chi connectivity index (χ4n) is 5.34. The summed E-state index contributed by atoms with van der Waals surface area (Å²) in [5, 5.41) is 3.64. The Bertz CT molecular complexity index is 1520. The first-order chi connectivity index (χ1) is 20.0. The number of halogens is 1. The maximum atomic E-state index is 14.2. The zero-order valence-corrected chi connectivity index (χ0v) is 26.3. The molecule has 3 aromatic rings. The van der Waals surface area contributed by atoms with Gasteiger partial charge in [0.25, 0.3) is 10.0 Å². The Balaban J connectivity index is 1.71. The Morgan fingerprint density at radius 3 is 2.29 bits per heavy atom. The number of aryl methyl sites for hydroxylation is 2. The summed E-state index contributed by atoms with van der Waals surface area (Å²) in [7, 11) is -4.12. The maximum absolute atomic E-state index is 14.2. The first kappa shape index (κ1) is 31.6. The standard InChI is InChI=1S/C33H40ClN3O4S/c1-23-16-18-30(19-17-23)42(40,41)37(31-15-8-10-24(2)25(31)3)22-32(38)36(21-27-11-9-12-28(34)20-27)26(4)33(39)35-29-13-6-5-7-14-29/h8-12,15-20,26,29H,5-7,13-14,21-22H2,1-4H3,(H,35,39)/t26-/m1/s1. The number of benzene rings is 3. The van der Waals surface area contributed by atoms with Crippen LogP contribution in [-0.4, -0.2) is 43.8 Å². The van der Waals surface area contributed by atoms with Crippen LogP contribution in [0, 0.1) is 20.8 Å². The molecule has 0 saturated heterocycles. The minimum absolute atomic E-state index is 0.0742. The summed E-state index contributed by atoms with van der Waals surface area (Å²) in [5.41, 5.74) is 3.75. The zero-order valence-electron chi connectivity index (χ0n) is 24.8. The molecule has 42 heavy (non-hydrogen) atoms. The molecule has 0 unspecified atom stereocenters. The van der Waals surface area contributed by atoms with Crippen molar-refractivity contribution in [2.45, 2.75) is 83.3 Å². The molecule has 0 bridgehead atoms. The van der Waals surface area contributed by atoms with Crippen LogP contribution in [0.1, 0.15) is 61.3 Å². The van der Waals surface area contributed by atoms with Gasteiger partial charge in [0.05, 0.1) is 10.6 Å². The van der Waals surface area contributed by atoms with Gasteiger partial charge in [-0.05, 0) is 87.6 Å². The lowest BCUT2D eigenvalue weighted by Gasteiger charge is -2.33. The molecule has 1 aliphatic rings. The van der Waals surface area contributed by atoms with Crippen LogP contribution in [0.25, 0.3) is 0 Å². The molecule has 9 heteroatoms. The molecule has 3 aromatic carbocycles. The summed E-state index contributed by atoms with van der Waals surface area (Å²) in [5.74, 6) is -0.741. The Morgan fingerprint density at radius 1 is 0.952 bits per heavy atom. The fourth-order valence-corrected chi connectivity index (χ4v) is 7.02. The molecule has 7 nitrogen and oxygen atoms in total. The van der Waals surface area contributed by atoms with Crippen molar-refractivity contribution in [2.24, 2.45) is 0 Å². The molecule has 0 spiro atoms. The van der Waals surface area contributed by atoms with Crippen LogP contribution in [-0.2, 0) is 26.2 Å². The van der Waals surface area contributed by atoms with Gasteiger partial charge in [-0.15, -0.1) is 0 Å². The largest absolute Gasteiger partial charge is 0.352 e. The SMILES string of the molecule is Cc1ccc(S(=O)(=O)N(CC(=O)N(Cc2cccc(Cl)c2)[C@H](C)C(=O)NC2CCCCC2)c2cccc(C)c2C)cc1. The third kappa shape index (κ3) is 7.53. The van der Waals surface area contributed by atoms with Crippen molar-refractivity contribution in [2.75, 3.05) is 10.8 Å². The van der Waals surface area contributed by atoms with Crippen LogP contribution in [0.4, 0.5) is 5.69 Å². The van der Waals surface area contributed by atoms with E-state index in [-0.39, 0.29) is 23.4 Å². The summed E-state index contributed by atoms with van der Waals surface area (Å²) < 4.78 is 29.4. The van der Waals surface area contributed by atoms with Gasteiger partial charge in [-0.2, -0.15) is 0 Å². The van der Waals surface area contributed by atoms with Crippen molar-refractivity contribution < 1.29 is 18.0 Å². The third-order valence-corrected chi connectivity index (χ3v) is 10.1. The molecular weight excluding hydrogens is 570 g/mol. The van der Waals surface area contributed by atoms with Crippen molar-refractivity contribution in [3.63, 3.8) is 0 Å². The second-order valence-electron chi connectivity index (χ2n) is 11.2. The summed E-state index contributed by atoms with van der Waals surface area (Å²) >= 11 is 6.24. The van der Waals surface area contributed by atoms with E-state index in [0.717, 1.165) is 54.4 Å². The third-order valence-electron chi connectivity index (χ3n) is 8.09. The van der Waals surface area contributed by atoms with Gasteiger partial charge in [0, 0.05) is 17.6 Å². The molecule has 1 aliphatic carbocycles. The molecule has 4 rings (SSSR count). The fraction of sp³-hybridized carbons (Fsp3) is 0.394. The van der Waals surface area contributed by atoms with E-state index in [0.29, 0.717) is 10.7 Å². The summed E-state index contributed by atoms with van der Waals surface area (Å²) in [4.78, 5) is 29.2. The van der Waals surface area contributed by atoms with E-state index in [1.807, 2.05) is 32.9 Å². The van der Waals surface area contributed by atoms with Crippen molar-refractivity contribution in [1.82, 2.24) is 10.2 Å². The number of amides is 2. The number of anilines is 1. The highest BCUT2D eigenvalue weighted by Crippen LogP contribution is 2.29. The second kappa shape index (κ2) is 13.7. The lowest BCUT2D eigenvalue weighted by Crippen LogP contribution is -2.53.